The van der Waals surface area contributed by atoms with Gasteiger partial charge in [0.15, 0.2) is 5.58 Å². The van der Waals surface area contributed by atoms with Crippen LogP contribution in [-0.4, -0.2) is 4.98 Å². The summed E-state index contributed by atoms with van der Waals surface area (Å²) >= 11 is 0. The molecule has 0 bridgehead atoms. The number of anilines is 3. The quantitative estimate of drug-likeness (QED) is 0.183. The van der Waals surface area contributed by atoms with E-state index in [9.17, 15) is 0 Å². The van der Waals surface area contributed by atoms with E-state index in [4.69, 9.17) is 9.40 Å². The van der Waals surface area contributed by atoms with Gasteiger partial charge in [-0.1, -0.05) is 141 Å². The van der Waals surface area contributed by atoms with Gasteiger partial charge < -0.3 is 9.32 Å². The van der Waals surface area contributed by atoms with Gasteiger partial charge in [-0.25, -0.2) is 4.98 Å². The third kappa shape index (κ3) is 4.77. The van der Waals surface area contributed by atoms with Crippen LogP contribution in [0.15, 0.2) is 174 Å². The number of para-hydroxylation sites is 4. The van der Waals surface area contributed by atoms with Crippen molar-refractivity contribution in [2.75, 3.05) is 4.90 Å². The highest BCUT2D eigenvalue weighted by Gasteiger charge is 2.38. The zero-order valence-electron chi connectivity index (χ0n) is 27.5. The molecule has 234 valence electrons. The van der Waals surface area contributed by atoms with Crippen LogP contribution in [0.25, 0.3) is 55.9 Å². The second kappa shape index (κ2) is 11.5. The van der Waals surface area contributed by atoms with Gasteiger partial charge in [0.1, 0.15) is 5.52 Å². The largest absolute Gasteiger partial charge is 0.436 e. The standard InChI is InChI=1S/C46H34N2O/c1-46(2)38-23-15-22-37(45-47-40-24-11-14-27-43(40)49-45)44(38)36-29-28-33(30-39(36)46)48(41-25-12-9-20-34(41)31-16-5-3-6-17-31)42-26-13-10-21-35(42)32-18-7-4-8-19-32/h3-30H,1-2H3. The Morgan fingerprint density at radius 2 is 1.06 bits per heavy atom. The minimum atomic E-state index is -0.244. The molecule has 8 aromatic rings. The lowest BCUT2D eigenvalue weighted by Crippen LogP contribution is -2.17. The van der Waals surface area contributed by atoms with E-state index in [1.807, 2.05) is 24.3 Å². The molecule has 49 heavy (non-hydrogen) atoms. The lowest BCUT2D eigenvalue weighted by molar-refractivity contribution is 0.619. The molecule has 0 saturated carbocycles. The molecule has 7 aromatic carbocycles. The smallest absolute Gasteiger partial charge is 0.227 e. The van der Waals surface area contributed by atoms with Crippen LogP contribution in [-0.2, 0) is 5.41 Å². The lowest BCUT2D eigenvalue weighted by atomic mass is 9.82. The van der Waals surface area contributed by atoms with Crippen LogP contribution < -0.4 is 4.90 Å². The fourth-order valence-corrected chi connectivity index (χ4v) is 7.55. The first kappa shape index (κ1) is 29.0. The molecule has 0 N–H and O–H groups in total. The van der Waals surface area contributed by atoms with E-state index in [0.29, 0.717) is 5.89 Å². The third-order valence-electron chi connectivity index (χ3n) is 9.93. The number of benzene rings is 7. The number of rotatable bonds is 6. The van der Waals surface area contributed by atoms with Crippen molar-refractivity contribution in [2.24, 2.45) is 0 Å². The average Bonchev–Trinajstić information content (AvgIpc) is 3.69. The van der Waals surface area contributed by atoms with Crippen LogP contribution in [0.2, 0.25) is 0 Å². The molecule has 9 rings (SSSR count). The summed E-state index contributed by atoms with van der Waals surface area (Å²) < 4.78 is 6.33. The summed E-state index contributed by atoms with van der Waals surface area (Å²) in [5.41, 5.74) is 15.5. The first-order chi connectivity index (χ1) is 24.1. The Morgan fingerprint density at radius 1 is 0.490 bits per heavy atom. The molecule has 1 aromatic heterocycles. The first-order valence-corrected chi connectivity index (χ1v) is 16.8. The van der Waals surface area contributed by atoms with Crippen LogP contribution >= 0.6 is 0 Å². The Hall–Kier alpha value is -6.19. The Morgan fingerprint density at radius 3 is 1.71 bits per heavy atom. The number of fused-ring (bicyclic) bond motifs is 4. The van der Waals surface area contributed by atoms with Crippen molar-refractivity contribution in [3.8, 4) is 44.8 Å². The minimum absolute atomic E-state index is 0.244. The van der Waals surface area contributed by atoms with Gasteiger partial charge in [-0.05, 0) is 75.8 Å². The highest BCUT2D eigenvalue weighted by atomic mass is 16.3. The molecule has 3 nitrogen and oxygen atoms in total. The molecule has 0 unspecified atom stereocenters. The summed E-state index contributed by atoms with van der Waals surface area (Å²) in [4.78, 5) is 7.34. The van der Waals surface area contributed by atoms with E-state index in [1.165, 1.54) is 44.5 Å². The van der Waals surface area contributed by atoms with Crippen molar-refractivity contribution in [3.05, 3.63) is 181 Å². The van der Waals surface area contributed by atoms with E-state index < -0.39 is 0 Å². The van der Waals surface area contributed by atoms with Gasteiger partial charge in [0.2, 0.25) is 5.89 Å². The molecule has 0 aliphatic heterocycles. The maximum Gasteiger partial charge on any atom is 0.227 e. The first-order valence-electron chi connectivity index (χ1n) is 16.8. The Kier molecular flexibility index (Phi) is 6.80. The van der Waals surface area contributed by atoms with E-state index in [-0.39, 0.29) is 5.41 Å². The average molecular weight is 631 g/mol. The van der Waals surface area contributed by atoms with E-state index in [2.05, 4.69) is 164 Å². The second-order valence-corrected chi connectivity index (χ2v) is 13.2. The molecule has 0 fully saturated rings. The summed E-state index contributed by atoms with van der Waals surface area (Å²) in [6, 6.07) is 60.3. The third-order valence-corrected chi connectivity index (χ3v) is 9.93. The van der Waals surface area contributed by atoms with Gasteiger partial charge in [0.25, 0.3) is 0 Å². The van der Waals surface area contributed by atoms with Crippen molar-refractivity contribution in [1.29, 1.82) is 0 Å². The molecule has 0 spiro atoms. The Labute approximate surface area is 286 Å². The lowest BCUT2D eigenvalue weighted by Gasteiger charge is -2.31. The van der Waals surface area contributed by atoms with Crippen molar-refractivity contribution < 1.29 is 4.42 Å². The second-order valence-electron chi connectivity index (χ2n) is 13.2. The monoisotopic (exact) mass is 630 g/mol. The van der Waals surface area contributed by atoms with Gasteiger partial charge in [0, 0.05) is 27.8 Å². The predicted molar refractivity (Wildman–Crippen MR) is 203 cm³/mol. The van der Waals surface area contributed by atoms with Crippen molar-refractivity contribution >= 4 is 28.2 Å². The van der Waals surface area contributed by atoms with Gasteiger partial charge in [0.05, 0.1) is 11.4 Å². The molecule has 0 radical (unpaired) electrons. The summed E-state index contributed by atoms with van der Waals surface area (Å²) in [5, 5.41) is 0. The van der Waals surface area contributed by atoms with Crippen LogP contribution in [0.5, 0.6) is 0 Å². The van der Waals surface area contributed by atoms with Gasteiger partial charge in [-0.3, -0.25) is 0 Å². The van der Waals surface area contributed by atoms with Crippen LogP contribution in [0, 0.1) is 0 Å². The molecule has 0 atom stereocenters. The predicted octanol–water partition coefficient (Wildman–Crippen LogP) is 12.6. The Balaban J connectivity index is 1.27. The topological polar surface area (TPSA) is 29.3 Å². The highest BCUT2D eigenvalue weighted by molar-refractivity contribution is 5.96. The maximum atomic E-state index is 6.33. The number of nitrogens with zero attached hydrogens (tertiary/aromatic N) is 2. The van der Waals surface area contributed by atoms with Crippen LogP contribution in [0.1, 0.15) is 25.0 Å². The molecule has 1 heterocycles. The fraction of sp³-hybridized carbons (Fsp3) is 0.0652. The molecule has 1 aliphatic rings. The van der Waals surface area contributed by atoms with E-state index >= 15 is 0 Å². The van der Waals surface area contributed by atoms with E-state index in [0.717, 1.165) is 33.7 Å². The number of oxazole rings is 1. The molecular weight excluding hydrogens is 597 g/mol. The summed E-state index contributed by atoms with van der Waals surface area (Å²) in [5.74, 6) is 0.654. The molecule has 0 saturated heterocycles. The van der Waals surface area contributed by atoms with Crippen molar-refractivity contribution in [1.82, 2.24) is 4.98 Å². The summed E-state index contributed by atoms with van der Waals surface area (Å²) in [6.07, 6.45) is 0. The fourth-order valence-electron chi connectivity index (χ4n) is 7.55. The number of hydrogen-bond acceptors (Lipinski definition) is 3. The highest BCUT2D eigenvalue weighted by Crippen LogP contribution is 2.54. The van der Waals surface area contributed by atoms with Crippen molar-refractivity contribution in [3.63, 3.8) is 0 Å². The number of aromatic nitrogens is 1. The summed E-state index contributed by atoms with van der Waals surface area (Å²) in [7, 11) is 0. The number of hydrogen-bond donors (Lipinski definition) is 0. The van der Waals surface area contributed by atoms with Gasteiger partial charge in [-0.2, -0.15) is 0 Å². The van der Waals surface area contributed by atoms with Gasteiger partial charge >= 0.3 is 0 Å². The van der Waals surface area contributed by atoms with Crippen molar-refractivity contribution in [2.45, 2.75) is 19.3 Å². The minimum Gasteiger partial charge on any atom is -0.436 e. The Bertz CT molecular complexity index is 2360. The van der Waals surface area contributed by atoms with Crippen LogP contribution in [0.4, 0.5) is 17.1 Å². The molecule has 3 heteroatoms. The normalized spacial score (nSPS) is 12.9. The molecular formula is C46H34N2O. The maximum absolute atomic E-state index is 6.33. The zero-order chi connectivity index (χ0) is 33.0. The molecule has 0 amide bonds. The summed E-state index contributed by atoms with van der Waals surface area (Å²) in [6.45, 7) is 4.66. The molecule has 1 aliphatic carbocycles. The van der Waals surface area contributed by atoms with Gasteiger partial charge in [-0.15, -0.1) is 0 Å². The zero-order valence-corrected chi connectivity index (χ0v) is 27.5. The van der Waals surface area contributed by atoms with Crippen LogP contribution in [0.3, 0.4) is 0 Å². The van der Waals surface area contributed by atoms with E-state index in [1.54, 1.807) is 0 Å². The SMILES string of the molecule is CC1(C)c2cc(N(c3ccccc3-c3ccccc3)c3ccccc3-c3ccccc3)ccc2-c2c(-c3nc4ccccc4o3)cccc21.